The van der Waals surface area contributed by atoms with Gasteiger partial charge in [0.1, 0.15) is 8.07 Å². The monoisotopic (exact) mass is 327 g/mol. The van der Waals surface area contributed by atoms with Gasteiger partial charge >= 0.3 is 0 Å². The van der Waals surface area contributed by atoms with Gasteiger partial charge in [0.2, 0.25) is 0 Å². The molecule has 0 saturated carbocycles. The molecule has 0 aliphatic carbocycles. The predicted octanol–water partition coefficient (Wildman–Crippen LogP) is 5.76. The molecule has 0 bridgehead atoms. The van der Waals surface area contributed by atoms with Crippen LogP contribution in [0.4, 0.5) is 0 Å². The van der Waals surface area contributed by atoms with Gasteiger partial charge in [0.25, 0.3) is 0 Å². The zero-order valence-corrected chi connectivity index (χ0v) is 15.2. The summed E-state index contributed by atoms with van der Waals surface area (Å²) in [6.45, 7) is 7.01. The number of hydrogen-bond acceptors (Lipinski definition) is 1. The van der Waals surface area contributed by atoms with Gasteiger partial charge in [-0.2, -0.15) is 0 Å². The van der Waals surface area contributed by atoms with Crippen molar-refractivity contribution >= 4 is 46.7 Å². The van der Waals surface area contributed by atoms with Crippen LogP contribution in [-0.4, -0.2) is 13.1 Å². The Bertz CT molecular complexity index is 816. The fourth-order valence-corrected chi connectivity index (χ4v) is 7.41. The maximum Gasteiger partial charge on any atom is 0.110 e. The smallest absolute Gasteiger partial charge is 0.110 e. The second-order valence-corrected chi connectivity index (χ2v) is 11.6. The number of fused-ring (bicyclic) bond motifs is 3. The summed E-state index contributed by atoms with van der Waals surface area (Å²) in [5.74, 6) is 0. The maximum absolute atomic E-state index is 6.21. The van der Waals surface area contributed by atoms with Crippen LogP contribution < -0.4 is 5.32 Å². The van der Waals surface area contributed by atoms with Crippen LogP contribution >= 0.6 is 11.6 Å². The highest BCUT2D eigenvalue weighted by Crippen LogP contribution is 2.29. The molecular formula is C19H22ClNSi. The van der Waals surface area contributed by atoms with Crippen LogP contribution in [0.5, 0.6) is 0 Å². The molecule has 0 amide bonds. The van der Waals surface area contributed by atoms with Gasteiger partial charge in [0, 0.05) is 15.7 Å². The number of halogens is 1. The molecule has 0 aliphatic rings. The molecule has 22 heavy (non-hydrogen) atoms. The zero-order chi connectivity index (χ0) is 15.7. The number of aromatic nitrogens is 1. The third-order valence-corrected chi connectivity index (χ3v) is 10.9. The van der Waals surface area contributed by atoms with Crippen molar-refractivity contribution in [1.82, 2.24) is 4.98 Å². The first-order valence-electron chi connectivity index (χ1n) is 8.13. The van der Waals surface area contributed by atoms with Crippen LogP contribution in [0.15, 0.2) is 42.5 Å². The van der Waals surface area contributed by atoms with Gasteiger partial charge in [-0.1, -0.05) is 74.8 Å². The highest BCUT2D eigenvalue weighted by molar-refractivity contribution is 6.92. The molecule has 114 valence electrons. The molecule has 0 unspecified atom stereocenters. The van der Waals surface area contributed by atoms with E-state index in [0.29, 0.717) is 0 Å². The predicted molar refractivity (Wildman–Crippen MR) is 101 cm³/mol. The van der Waals surface area contributed by atoms with E-state index in [1.54, 1.807) is 0 Å². The normalized spacial score (nSPS) is 12.2. The number of hydrogen-bond donors (Lipinski definition) is 0. The Balaban J connectivity index is 2.46. The maximum atomic E-state index is 6.21. The molecule has 1 heterocycles. The standard InChI is InChI=1S/C19H22ClNSi/c1-4-22(5-2,6-3)19-16-10-8-7-9-15(16)17-13-14(20)11-12-18(17)21-19/h7-13H,4-6H2,1-3H3. The first-order chi connectivity index (χ1) is 10.6. The lowest BCUT2D eigenvalue weighted by Gasteiger charge is -2.29. The molecule has 0 saturated heterocycles. The van der Waals surface area contributed by atoms with E-state index >= 15 is 0 Å². The van der Waals surface area contributed by atoms with Gasteiger partial charge in [0.05, 0.1) is 5.52 Å². The lowest BCUT2D eigenvalue weighted by Crippen LogP contribution is -2.48. The summed E-state index contributed by atoms with van der Waals surface area (Å²) < 4.78 is 0. The van der Waals surface area contributed by atoms with E-state index in [-0.39, 0.29) is 0 Å². The molecule has 0 radical (unpaired) electrons. The van der Waals surface area contributed by atoms with Crippen LogP contribution in [0.1, 0.15) is 20.8 Å². The largest absolute Gasteiger partial charge is 0.257 e. The molecular weight excluding hydrogens is 306 g/mol. The Morgan fingerprint density at radius 3 is 2.14 bits per heavy atom. The van der Waals surface area contributed by atoms with E-state index in [2.05, 4.69) is 51.1 Å². The molecule has 0 N–H and O–H groups in total. The number of benzene rings is 2. The first kappa shape index (κ1) is 15.5. The molecule has 3 heteroatoms. The van der Waals surface area contributed by atoms with E-state index in [1.807, 2.05) is 12.1 Å². The minimum atomic E-state index is -1.53. The fourth-order valence-electron chi connectivity index (χ4n) is 3.58. The number of nitrogens with zero attached hydrogens (tertiary/aromatic N) is 1. The number of pyridine rings is 1. The molecule has 1 nitrogen and oxygen atoms in total. The topological polar surface area (TPSA) is 12.9 Å². The lowest BCUT2D eigenvalue weighted by atomic mass is 10.1. The second kappa shape index (κ2) is 6.02. The Morgan fingerprint density at radius 1 is 0.864 bits per heavy atom. The Kier molecular flexibility index (Phi) is 4.24. The third-order valence-electron chi connectivity index (χ3n) is 5.20. The van der Waals surface area contributed by atoms with Crippen molar-refractivity contribution in [1.29, 1.82) is 0 Å². The summed E-state index contributed by atoms with van der Waals surface area (Å²) in [6, 6.07) is 18.5. The minimum Gasteiger partial charge on any atom is -0.257 e. The van der Waals surface area contributed by atoms with Gasteiger partial charge in [-0.05, 0) is 29.0 Å². The van der Waals surface area contributed by atoms with Crippen molar-refractivity contribution in [2.45, 2.75) is 38.9 Å². The lowest BCUT2D eigenvalue weighted by molar-refractivity contribution is 1.18. The van der Waals surface area contributed by atoms with Gasteiger partial charge in [-0.3, -0.25) is 4.98 Å². The summed E-state index contributed by atoms with van der Waals surface area (Å²) in [7, 11) is -1.53. The van der Waals surface area contributed by atoms with Gasteiger partial charge < -0.3 is 0 Å². The first-order valence-corrected chi connectivity index (χ1v) is 11.1. The van der Waals surface area contributed by atoms with Gasteiger partial charge in [-0.15, -0.1) is 0 Å². The van der Waals surface area contributed by atoms with Crippen LogP contribution in [0, 0.1) is 0 Å². The Morgan fingerprint density at radius 2 is 1.50 bits per heavy atom. The van der Waals surface area contributed by atoms with Crippen molar-refractivity contribution in [2.75, 3.05) is 0 Å². The summed E-state index contributed by atoms with van der Waals surface area (Å²) >= 11 is 6.21. The summed E-state index contributed by atoms with van der Waals surface area (Å²) in [4.78, 5) is 5.13. The van der Waals surface area contributed by atoms with E-state index in [9.17, 15) is 0 Å². The summed E-state index contributed by atoms with van der Waals surface area (Å²) in [5, 5.41) is 5.94. The molecule has 0 aliphatic heterocycles. The average molecular weight is 328 g/mol. The van der Waals surface area contributed by atoms with E-state index in [0.717, 1.165) is 15.9 Å². The fraction of sp³-hybridized carbons (Fsp3) is 0.316. The Labute approximate surface area is 138 Å². The van der Waals surface area contributed by atoms with Crippen LogP contribution in [0.25, 0.3) is 21.7 Å². The van der Waals surface area contributed by atoms with E-state index in [1.165, 1.54) is 34.2 Å². The van der Waals surface area contributed by atoms with Crippen molar-refractivity contribution < 1.29 is 0 Å². The van der Waals surface area contributed by atoms with Crippen molar-refractivity contribution in [2.24, 2.45) is 0 Å². The van der Waals surface area contributed by atoms with Crippen molar-refractivity contribution in [3.63, 3.8) is 0 Å². The van der Waals surface area contributed by atoms with Crippen LogP contribution in [-0.2, 0) is 0 Å². The molecule has 0 fully saturated rings. The Hall–Kier alpha value is -1.38. The SMILES string of the molecule is CC[Si](CC)(CC)c1nc2ccc(Cl)cc2c2ccccc12. The second-order valence-electron chi connectivity index (χ2n) is 6.01. The molecule has 2 aromatic carbocycles. The van der Waals surface area contributed by atoms with Crippen molar-refractivity contribution in [3.05, 3.63) is 47.5 Å². The minimum absolute atomic E-state index is 0.775. The highest BCUT2D eigenvalue weighted by atomic mass is 35.5. The molecule has 3 rings (SSSR count). The van der Waals surface area contributed by atoms with Gasteiger partial charge in [0.15, 0.2) is 0 Å². The van der Waals surface area contributed by atoms with Crippen LogP contribution in [0.2, 0.25) is 23.2 Å². The zero-order valence-electron chi connectivity index (χ0n) is 13.5. The average Bonchev–Trinajstić information content (AvgIpc) is 2.57. The van der Waals surface area contributed by atoms with Crippen molar-refractivity contribution in [3.8, 4) is 0 Å². The molecule has 1 aromatic heterocycles. The van der Waals surface area contributed by atoms with E-state index in [4.69, 9.17) is 16.6 Å². The molecule has 3 aromatic rings. The molecule has 0 spiro atoms. The van der Waals surface area contributed by atoms with Crippen LogP contribution in [0.3, 0.4) is 0 Å². The third kappa shape index (κ3) is 2.35. The quantitative estimate of drug-likeness (QED) is 0.438. The van der Waals surface area contributed by atoms with Gasteiger partial charge in [-0.25, -0.2) is 0 Å². The summed E-state index contributed by atoms with van der Waals surface area (Å²) in [6.07, 6.45) is 0. The number of rotatable bonds is 4. The summed E-state index contributed by atoms with van der Waals surface area (Å²) in [5.41, 5.74) is 1.07. The van der Waals surface area contributed by atoms with E-state index < -0.39 is 8.07 Å². The molecule has 0 atom stereocenters. The highest BCUT2D eigenvalue weighted by Gasteiger charge is 2.32.